The van der Waals surface area contributed by atoms with Crippen LogP contribution in [0.15, 0.2) is 89.3 Å². The van der Waals surface area contributed by atoms with Gasteiger partial charge >= 0.3 is 0 Å². The summed E-state index contributed by atoms with van der Waals surface area (Å²) >= 11 is 0. The van der Waals surface area contributed by atoms with E-state index in [0.717, 1.165) is 16.7 Å². The molecule has 0 saturated carbocycles. The minimum atomic E-state index is -3.47. The lowest BCUT2D eigenvalue weighted by molar-refractivity contribution is 0.347. The van der Waals surface area contributed by atoms with Gasteiger partial charge in [0.25, 0.3) is 7.37 Å². The van der Waals surface area contributed by atoms with Crippen LogP contribution in [-0.4, -0.2) is 11.6 Å². The van der Waals surface area contributed by atoms with Crippen molar-refractivity contribution in [2.24, 2.45) is 0 Å². The zero-order valence-corrected chi connectivity index (χ0v) is 18.5. The number of benzene rings is 3. The molecule has 1 N–H and O–H groups in total. The van der Waals surface area contributed by atoms with Crippen LogP contribution in [0.25, 0.3) is 11.5 Å². The van der Waals surface area contributed by atoms with Crippen molar-refractivity contribution in [1.82, 2.24) is 4.98 Å². The van der Waals surface area contributed by atoms with Crippen LogP contribution in [0.3, 0.4) is 0 Å². The molecule has 0 unspecified atom stereocenters. The van der Waals surface area contributed by atoms with E-state index < -0.39 is 7.37 Å². The summed E-state index contributed by atoms with van der Waals surface area (Å²) in [7, 11) is -3.47. The van der Waals surface area contributed by atoms with Gasteiger partial charge in [-0.05, 0) is 43.2 Å². The number of rotatable bonds is 8. The van der Waals surface area contributed by atoms with Gasteiger partial charge in [0.1, 0.15) is 0 Å². The monoisotopic (exact) mass is 432 g/mol. The van der Waals surface area contributed by atoms with E-state index in [0.29, 0.717) is 29.1 Å². The summed E-state index contributed by atoms with van der Waals surface area (Å²) < 4.78 is 26.2. The average molecular weight is 432 g/mol. The van der Waals surface area contributed by atoms with E-state index >= 15 is 0 Å². The van der Waals surface area contributed by atoms with Gasteiger partial charge in [-0.25, -0.2) is 4.98 Å². The van der Waals surface area contributed by atoms with E-state index in [-0.39, 0.29) is 6.61 Å². The van der Waals surface area contributed by atoms with Crippen LogP contribution >= 0.6 is 7.37 Å². The molecular weight excluding hydrogens is 407 g/mol. The van der Waals surface area contributed by atoms with Crippen LogP contribution in [0, 0.1) is 6.92 Å². The Kier molecular flexibility index (Phi) is 6.36. The van der Waals surface area contributed by atoms with Gasteiger partial charge in [-0.15, -0.1) is 0 Å². The quantitative estimate of drug-likeness (QED) is 0.371. The molecule has 0 radical (unpaired) electrons. The summed E-state index contributed by atoms with van der Waals surface area (Å²) in [5.41, 5.74) is 3.26. The SMILES string of the molecule is CCO[P@@](=O)(c1ccccc1)c1nc(-c2ccccc2C)oc1NCc1ccccc1. The number of anilines is 1. The van der Waals surface area contributed by atoms with E-state index in [1.165, 1.54) is 0 Å². The van der Waals surface area contributed by atoms with Gasteiger partial charge in [-0.3, -0.25) is 4.57 Å². The van der Waals surface area contributed by atoms with Gasteiger partial charge in [0.15, 0.2) is 5.44 Å². The number of hydrogen-bond donors (Lipinski definition) is 1. The molecule has 1 heterocycles. The van der Waals surface area contributed by atoms with Crippen LogP contribution < -0.4 is 16.1 Å². The Morgan fingerprint density at radius 2 is 1.58 bits per heavy atom. The van der Waals surface area contributed by atoms with Crippen molar-refractivity contribution >= 4 is 24.0 Å². The number of nitrogens with zero attached hydrogens (tertiary/aromatic N) is 1. The molecule has 0 amide bonds. The Morgan fingerprint density at radius 3 is 2.26 bits per heavy atom. The van der Waals surface area contributed by atoms with Crippen molar-refractivity contribution < 1.29 is 13.5 Å². The van der Waals surface area contributed by atoms with Crippen LogP contribution in [0.5, 0.6) is 0 Å². The minimum Gasteiger partial charge on any atom is -0.420 e. The molecule has 0 bridgehead atoms. The lowest BCUT2D eigenvalue weighted by atomic mass is 10.1. The molecule has 3 aromatic carbocycles. The molecule has 1 atom stereocenters. The number of hydrogen-bond acceptors (Lipinski definition) is 5. The highest BCUT2D eigenvalue weighted by molar-refractivity contribution is 7.74. The number of oxazole rings is 1. The summed E-state index contributed by atoms with van der Waals surface area (Å²) in [6, 6.07) is 27.0. The highest BCUT2D eigenvalue weighted by Crippen LogP contribution is 2.47. The van der Waals surface area contributed by atoms with E-state index in [1.54, 1.807) is 12.1 Å². The predicted molar refractivity (Wildman–Crippen MR) is 125 cm³/mol. The molecule has 0 fully saturated rings. The van der Waals surface area contributed by atoms with Crippen LogP contribution in [0.4, 0.5) is 5.88 Å². The molecule has 31 heavy (non-hydrogen) atoms. The molecule has 0 spiro atoms. The van der Waals surface area contributed by atoms with Gasteiger partial charge in [-0.2, -0.15) is 0 Å². The van der Waals surface area contributed by atoms with E-state index in [1.807, 2.05) is 86.6 Å². The summed E-state index contributed by atoms with van der Waals surface area (Å²) in [5, 5.41) is 3.88. The van der Waals surface area contributed by atoms with E-state index in [2.05, 4.69) is 5.32 Å². The molecule has 0 aliphatic carbocycles. The largest absolute Gasteiger partial charge is 0.420 e. The number of aryl methyl sites for hydroxylation is 1. The van der Waals surface area contributed by atoms with Gasteiger partial charge < -0.3 is 14.3 Å². The normalized spacial score (nSPS) is 13.0. The van der Waals surface area contributed by atoms with Crippen molar-refractivity contribution in [1.29, 1.82) is 0 Å². The fourth-order valence-electron chi connectivity index (χ4n) is 3.40. The highest BCUT2D eigenvalue weighted by Gasteiger charge is 2.36. The molecule has 1 aromatic heterocycles. The zero-order chi connectivity index (χ0) is 21.7. The molecule has 4 rings (SSSR count). The van der Waals surface area contributed by atoms with Crippen molar-refractivity contribution in [2.75, 3.05) is 11.9 Å². The first-order valence-electron chi connectivity index (χ1n) is 10.3. The van der Waals surface area contributed by atoms with Crippen LogP contribution in [-0.2, 0) is 15.6 Å². The van der Waals surface area contributed by atoms with Crippen molar-refractivity contribution in [2.45, 2.75) is 20.4 Å². The fourth-order valence-corrected chi connectivity index (χ4v) is 5.46. The Morgan fingerprint density at radius 1 is 0.935 bits per heavy atom. The molecule has 4 aromatic rings. The van der Waals surface area contributed by atoms with Gasteiger partial charge in [0, 0.05) is 17.4 Å². The third kappa shape index (κ3) is 4.48. The first-order valence-corrected chi connectivity index (χ1v) is 11.9. The smallest absolute Gasteiger partial charge is 0.284 e. The summed E-state index contributed by atoms with van der Waals surface area (Å²) in [4.78, 5) is 4.70. The average Bonchev–Trinajstić information content (AvgIpc) is 3.24. The van der Waals surface area contributed by atoms with Crippen molar-refractivity contribution in [3.63, 3.8) is 0 Å². The zero-order valence-electron chi connectivity index (χ0n) is 17.6. The maximum atomic E-state index is 14.2. The lowest BCUT2D eigenvalue weighted by Gasteiger charge is -2.17. The van der Waals surface area contributed by atoms with Crippen LogP contribution in [0.2, 0.25) is 0 Å². The third-order valence-electron chi connectivity index (χ3n) is 4.97. The van der Waals surface area contributed by atoms with E-state index in [9.17, 15) is 4.57 Å². The molecule has 6 heteroatoms. The maximum Gasteiger partial charge on any atom is 0.284 e. The lowest BCUT2D eigenvalue weighted by Crippen LogP contribution is -2.22. The van der Waals surface area contributed by atoms with E-state index in [4.69, 9.17) is 13.9 Å². The summed E-state index contributed by atoms with van der Waals surface area (Å²) in [6.07, 6.45) is 0. The molecule has 0 aliphatic heterocycles. The van der Waals surface area contributed by atoms with Crippen molar-refractivity contribution in [3.8, 4) is 11.5 Å². The maximum absolute atomic E-state index is 14.2. The first-order chi connectivity index (χ1) is 15.1. The molecular formula is C25H25N2O3P. The Bertz CT molecular complexity index is 1190. The predicted octanol–water partition coefficient (Wildman–Crippen LogP) is 5.53. The van der Waals surface area contributed by atoms with Crippen molar-refractivity contribution in [3.05, 3.63) is 96.1 Å². The number of nitrogens with one attached hydrogen (secondary N) is 1. The van der Waals surface area contributed by atoms with Gasteiger partial charge in [0.2, 0.25) is 11.8 Å². The fraction of sp³-hybridized carbons (Fsp3) is 0.160. The highest BCUT2D eigenvalue weighted by atomic mass is 31.2. The second-order valence-corrected chi connectivity index (χ2v) is 9.43. The van der Waals surface area contributed by atoms with Gasteiger partial charge in [0.05, 0.1) is 6.61 Å². The molecule has 0 saturated heterocycles. The Labute approximate surface area is 182 Å². The summed E-state index contributed by atoms with van der Waals surface area (Å²) in [5.74, 6) is 0.780. The second kappa shape index (κ2) is 9.34. The molecule has 5 nitrogen and oxygen atoms in total. The minimum absolute atomic E-state index is 0.289. The third-order valence-corrected chi connectivity index (χ3v) is 7.43. The second-order valence-electron chi connectivity index (χ2n) is 7.13. The number of aromatic nitrogens is 1. The first kappa shape index (κ1) is 21.1. The Balaban J connectivity index is 1.82. The topological polar surface area (TPSA) is 64.4 Å². The standard InChI is InChI=1S/C25H25N2O3P/c1-3-29-31(28,21-15-8-5-9-16-21)25-24(26-18-20-13-6-4-7-14-20)30-23(27-25)22-17-11-10-12-19(22)2/h4-17,26H,3,18H2,1-2H3/t31-/m0/s1. The molecule has 0 aliphatic rings. The van der Waals surface area contributed by atoms with Crippen LogP contribution in [0.1, 0.15) is 18.1 Å². The Hall–Kier alpha value is -3.14. The van der Waals surface area contributed by atoms with Gasteiger partial charge in [-0.1, -0.05) is 66.7 Å². The molecule has 158 valence electrons. The summed E-state index contributed by atoms with van der Waals surface area (Å²) in [6.45, 7) is 4.62.